The molecule has 0 radical (unpaired) electrons. The van der Waals surface area contributed by atoms with E-state index in [1.54, 1.807) is 44.4 Å². The van der Waals surface area contributed by atoms with Crippen LogP contribution in [-0.4, -0.2) is 50.5 Å². The van der Waals surface area contributed by atoms with Gasteiger partial charge in [-0.05, 0) is 87.9 Å². The molecule has 0 aliphatic carbocycles. The first kappa shape index (κ1) is 24.8. The van der Waals surface area contributed by atoms with Crippen LogP contribution in [0.5, 0.6) is 5.75 Å². The number of furan rings is 1. The molecule has 35 heavy (non-hydrogen) atoms. The Bertz CT molecular complexity index is 1200. The number of hydrogen-bond acceptors (Lipinski definition) is 5. The Morgan fingerprint density at radius 2 is 1.77 bits per heavy atom. The zero-order valence-electron chi connectivity index (χ0n) is 20.2. The highest BCUT2D eigenvalue weighted by Gasteiger charge is 2.36. The third-order valence-electron chi connectivity index (χ3n) is 6.67. The minimum atomic E-state index is -0.380. The van der Waals surface area contributed by atoms with Gasteiger partial charge in [-0.1, -0.05) is 23.7 Å². The molecule has 8 heteroatoms. The lowest BCUT2D eigenvalue weighted by molar-refractivity contribution is 0.0927. The van der Waals surface area contributed by atoms with Crippen molar-refractivity contribution < 1.29 is 18.7 Å². The minimum absolute atomic E-state index is 0.171. The highest BCUT2D eigenvalue weighted by Crippen LogP contribution is 2.36. The maximum Gasteiger partial charge on any atom is 0.291 e. The molecule has 0 spiro atoms. The number of rotatable bonds is 7. The van der Waals surface area contributed by atoms with E-state index in [4.69, 9.17) is 20.8 Å². The van der Waals surface area contributed by atoms with E-state index in [1.165, 1.54) is 5.56 Å². The zero-order chi connectivity index (χ0) is 25.0. The number of hydrogen-bond donors (Lipinski definition) is 2. The molecule has 0 unspecified atom stereocenters. The average Bonchev–Trinajstić information content (AvgIpc) is 3.30. The standard InChI is InChI=1S/C27H30ClN3O4/c1-18-4-11-24(35-18)26(33)30-20-7-10-22(23(28)16-20)25(32)29-17-27(12-14-31(2)15-13-27)19-5-8-21(34-3)9-6-19/h4-11,16H,12-15,17H2,1-3H3,(H,29,32)(H,30,33). The van der Waals surface area contributed by atoms with Crippen LogP contribution < -0.4 is 15.4 Å². The summed E-state index contributed by atoms with van der Waals surface area (Å²) in [7, 11) is 3.77. The van der Waals surface area contributed by atoms with E-state index < -0.39 is 0 Å². The lowest BCUT2D eigenvalue weighted by atomic mass is 9.72. The molecule has 2 N–H and O–H groups in total. The van der Waals surface area contributed by atoms with Gasteiger partial charge < -0.3 is 24.7 Å². The molecule has 0 atom stereocenters. The van der Waals surface area contributed by atoms with Gasteiger partial charge in [-0.2, -0.15) is 0 Å². The molecule has 1 aromatic heterocycles. The van der Waals surface area contributed by atoms with E-state index in [0.29, 0.717) is 23.6 Å². The summed E-state index contributed by atoms with van der Waals surface area (Å²) in [6, 6.07) is 16.3. The molecule has 1 aliphatic rings. The van der Waals surface area contributed by atoms with Crippen LogP contribution in [0, 0.1) is 6.92 Å². The predicted molar refractivity (Wildman–Crippen MR) is 137 cm³/mol. The molecule has 2 aromatic carbocycles. The second-order valence-electron chi connectivity index (χ2n) is 9.05. The number of carbonyl (C=O) groups excluding carboxylic acids is 2. The van der Waals surface area contributed by atoms with Gasteiger partial charge in [-0.25, -0.2) is 0 Å². The molecule has 7 nitrogen and oxygen atoms in total. The smallest absolute Gasteiger partial charge is 0.291 e. The van der Waals surface area contributed by atoms with Crippen molar-refractivity contribution in [3.05, 3.63) is 82.3 Å². The van der Waals surface area contributed by atoms with Crippen LogP contribution in [0.2, 0.25) is 5.02 Å². The SMILES string of the molecule is COc1ccc(C2(CNC(=O)c3ccc(NC(=O)c4ccc(C)o4)cc3Cl)CCN(C)CC2)cc1. The van der Waals surface area contributed by atoms with Gasteiger partial charge >= 0.3 is 0 Å². The van der Waals surface area contributed by atoms with Crippen LogP contribution >= 0.6 is 11.6 Å². The second-order valence-corrected chi connectivity index (χ2v) is 9.46. The van der Waals surface area contributed by atoms with Gasteiger partial charge in [-0.15, -0.1) is 0 Å². The van der Waals surface area contributed by atoms with Gasteiger partial charge in [0.1, 0.15) is 11.5 Å². The summed E-state index contributed by atoms with van der Waals surface area (Å²) in [5.74, 6) is 1.04. The number of halogens is 1. The molecule has 2 amide bonds. The molecule has 3 aromatic rings. The number of amides is 2. The molecule has 1 saturated heterocycles. The van der Waals surface area contributed by atoms with Crippen LogP contribution in [-0.2, 0) is 5.41 Å². The van der Waals surface area contributed by atoms with Crippen molar-refractivity contribution in [1.29, 1.82) is 0 Å². The molecule has 4 rings (SSSR count). The molecular formula is C27H30ClN3O4. The summed E-state index contributed by atoms with van der Waals surface area (Å²) >= 11 is 6.43. The monoisotopic (exact) mass is 495 g/mol. The summed E-state index contributed by atoms with van der Waals surface area (Å²) in [6.45, 7) is 4.17. The Hall–Kier alpha value is -3.29. The predicted octanol–water partition coefficient (Wildman–Crippen LogP) is 4.90. The Morgan fingerprint density at radius 3 is 2.37 bits per heavy atom. The van der Waals surface area contributed by atoms with Gasteiger partial charge in [0, 0.05) is 17.6 Å². The number of likely N-dealkylation sites (tertiary alicyclic amines) is 1. The van der Waals surface area contributed by atoms with E-state index in [2.05, 4.69) is 34.7 Å². The zero-order valence-corrected chi connectivity index (χ0v) is 20.9. The Labute approximate surface area is 210 Å². The van der Waals surface area contributed by atoms with Crippen molar-refractivity contribution in [3.8, 4) is 5.75 Å². The molecule has 1 fully saturated rings. The summed E-state index contributed by atoms with van der Waals surface area (Å²) in [5, 5.41) is 6.11. The number of anilines is 1. The largest absolute Gasteiger partial charge is 0.497 e. The summed E-state index contributed by atoms with van der Waals surface area (Å²) in [6.07, 6.45) is 1.86. The van der Waals surface area contributed by atoms with Gasteiger partial charge in [0.05, 0.1) is 17.7 Å². The van der Waals surface area contributed by atoms with E-state index in [0.717, 1.165) is 31.7 Å². The van der Waals surface area contributed by atoms with Crippen LogP contribution in [0.25, 0.3) is 0 Å². The van der Waals surface area contributed by atoms with Crippen molar-refractivity contribution in [1.82, 2.24) is 10.2 Å². The Morgan fingerprint density at radius 1 is 1.06 bits per heavy atom. The Balaban J connectivity index is 1.46. The summed E-state index contributed by atoms with van der Waals surface area (Å²) in [4.78, 5) is 27.7. The lowest BCUT2D eigenvalue weighted by Gasteiger charge is -2.41. The fraction of sp³-hybridized carbons (Fsp3) is 0.333. The van der Waals surface area contributed by atoms with E-state index >= 15 is 0 Å². The topological polar surface area (TPSA) is 83.8 Å². The van der Waals surface area contributed by atoms with E-state index in [9.17, 15) is 9.59 Å². The highest BCUT2D eigenvalue weighted by atomic mass is 35.5. The number of nitrogens with one attached hydrogen (secondary N) is 2. The number of nitrogens with zero attached hydrogens (tertiary/aromatic N) is 1. The van der Waals surface area contributed by atoms with Crippen molar-refractivity contribution >= 4 is 29.1 Å². The van der Waals surface area contributed by atoms with Crippen molar-refractivity contribution in [2.45, 2.75) is 25.2 Å². The summed E-state index contributed by atoms with van der Waals surface area (Å²) < 4.78 is 10.7. The highest BCUT2D eigenvalue weighted by molar-refractivity contribution is 6.34. The molecule has 1 aliphatic heterocycles. The molecule has 0 bridgehead atoms. The van der Waals surface area contributed by atoms with Crippen molar-refractivity contribution in [3.63, 3.8) is 0 Å². The van der Waals surface area contributed by atoms with Crippen LogP contribution in [0.3, 0.4) is 0 Å². The lowest BCUT2D eigenvalue weighted by Crippen LogP contribution is -2.48. The maximum atomic E-state index is 13.1. The number of aryl methyl sites for hydroxylation is 1. The minimum Gasteiger partial charge on any atom is -0.497 e. The normalized spacial score (nSPS) is 15.4. The van der Waals surface area contributed by atoms with Crippen molar-refractivity contribution in [2.75, 3.05) is 39.1 Å². The van der Waals surface area contributed by atoms with E-state index in [-0.39, 0.29) is 28.0 Å². The first-order valence-corrected chi connectivity index (χ1v) is 12.0. The first-order chi connectivity index (χ1) is 16.8. The molecular weight excluding hydrogens is 466 g/mol. The average molecular weight is 496 g/mol. The van der Waals surface area contributed by atoms with Crippen LogP contribution in [0.4, 0.5) is 5.69 Å². The maximum absolute atomic E-state index is 13.1. The number of ether oxygens (including phenoxy) is 1. The van der Waals surface area contributed by atoms with Crippen LogP contribution in [0.1, 0.15) is 45.1 Å². The van der Waals surface area contributed by atoms with Gasteiger partial charge in [0.15, 0.2) is 5.76 Å². The number of methoxy groups -OCH3 is 1. The molecule has 2 heterocycles. The second kappa shape index (κ2) is 10.5. The number of piperidine rings is 1. The number of benzene rings is 2. The van der Waals surface area contributed by atoms with Gasteiger partial charge in [0.2, 0.25) is 0 Å². The third-order valence-corrected chi connectivity index (χ3v) is 6.98. The Kier molecular flexibility index (Phi) is 7.48. The fourth-order valence-corrected chi connectivity index (χ4v) is 4.70. The molecule has 0 saturated carbocycles. The van der Waals surface area contributed by atoms with Crippen molar-refractivity contribution in [2.24, 2.45) is 0 Å². The first-order valence-electron chi connectivity index (χ1n) is 11.6. The van der Waals surface area contributed by atoms with E-state index in [1.807, 2.05) is 12.1 Å². The molecule has 184 valence electrons. The van der Waals surface area contributed by atoms with Gasteiger partial charge in [-0.3, -0.25) is 9.59 Å². The quantitative estimate of drug-likeness (QED) is 0.487. The number of carbonyl (C=O) groups is 2. The summed E-state index contributed by atoms with van der Waals surface area (Å²) in [5.41, 5.74) is 1.85. The fourth-order valence-electron chi connectivity index (χ4n) is 4.43. The third kappa shape index (κ3) is 5.69. The van der Waals surface area contributed by atoms with Crippen LogP contribution in [0.15, 0.2) is 59.0 Å². The van der Waals surface area contributed by atoms with Gasteiger partial charge in [0.25, 0.3) is 11.8 Å².